The van der Waals surface area contributed by atoms with E-state index >= 15 is 0 Å². The summed E-state index contributed by atoms with van der Waals surface area (Å²) < 4.78 is 5.81. The predicted molar refractivity (Wildman–Crippen MR) is 129 cm³/mol. The summed E-state index contributed by atoms with van der Waals surface area (Å²) in [5.41, 5.74) is 0.506. The zero-order valence-corrected chi connectivity index (χ0v) is 20.8. The molecule has 0 aliphatic heterocycles. The number of thioether (sulfide) groups is 1. The zero-order valence-electron chi connectivity index (χ0n) is 20.0. The number of aliphatic carboxylic acids is 1. The lowest BCUT2D eigenvalue weighted by molar-refractivity contribution is -0.385. The van der Waals surface area contributed by atoms with Gasteiger partial charge in [-0.3, -0.25) is 14.9 Å². The van der Waals surface area contributed by atoms with Gasteiger partial charge < -0.3 is 20.1 Å². The van der Waals surface area contributed by atoms with E-state index in [0.717, 1.165) is 17.3 Å². The van der Waals surface area contributed by atoms with Crippen molar-refractivity contribution in [2.45, 2.75) is 45.8 Å². The maximum atomic E-state index is 12.8. The number of aromatic nitrogens is 2. The highest BCUT2D eigenvalue weighted by Gasteiger charge is 2.31. The van der Waals surface area contributed by atoms with Crippen molar-refractivity contribution in [3.8, 4) is 11.6 Å². The quantitative estimate of drug-likeness (QED) is 0.203. The van der Waals surface area contributed by atoms with Crippen LogP contribution in [0.1, 0.15) is 43.6 Å². The van der Waals surface area contributed by atoms with E-state index in [4.69, 9.17) is 4.74 Å². The molecule has 0 radical (unpaired) electrons. The molecule has 0 fully saturated rings. The number of nitrogens with zero attached hydrogens (tertiary/aromatic N) is 4. The van der Waals surface area contributed by atoms with E-state index in [0.29, 0.717) is 18.7 Å². The maximum absolute atomic E-state index is 12.8. The topological polar surface area (TPSA) is 148 Å². The Kier molecular flexibility index (Phi) is 9.19. The first kappa shape index (κ1) is 26.8. The molecule has 2 aromatic rings. The Morgan fingerprint density at radius 3 is 2.38 bits per heavy atom. The number of rotatable bonds is 11. The van der Waals surface area contributed by atoms with E-state index in [9.17, 15) is 24.8 Å². The number of carbonyl (C=O) groups is 2. The highest BCUT2D eigenvalue weighted by molar-refractivity contribution is 7.98. The number of ether oxygens (including phenoxy) is 1. The number of nitro groups is 1. The van der Waals surface area contributed by atoms with Gasteiger partial charge in [0.2, 0.25) is 5.82 Å². The Hall–Kier alpha value is -3.41. The van der Waals surface area contributed by atoms with Gasteiger partial charge in [-0.05, 0) is 56.7 Å². The normalized spacial score (nSPS) is 11.7. The number of carboxylic acids is 1. The molecule has 0 saturated carbocycles. The van der Waals surface area contributed by atoms with Crippen molar-refractivity contribution < 1.29 is 24.4 Å². The van der Waals surface area contributed by atoms with Crippen LogP contribution in [0.4, 0.5) is 11.5 Å². The Labute approximate surface area is 202 Å². The van der Waals surface area contributed by atoms with Gasteiger partial charge in [0.15, 0.2) is 5.16 Å². The minimum atomic E-state index is -1.17. The van der Waals surface area contributed by atoms with Gasteiger partial charge in [0.25, 0.3) is 5.91 Å². The van der Waals surface area contributed by atoms with Gasteiger partial charge >= 0.3 is 17.5 Å². The molecule has 2 N–H and O–H groups in total. The Bertz CT molecular complexity index is 1070. The number of anilines is 1. The molecule has 1 heterocycles. The summed E-state index contributed by atoms with van der Waals surface area (Å²) in [4.78, 5) is 45.6. The van der Waals surface area contributed by atoms with Crippen molar-refractivity contribution in [3.05, 3.63) is 39.4 Å². The Balaban J connectivity index is 2.58. The van der Waals surface area contributed by atoms with Crippen molar-refractivity contribution in [2.24, 2.45) is 5.92 Å². The summed E-state index contributed by atoms with van der Waals surface area (Å²) in [6.45, 7) is 9.94. The lowest BCUT2D eigenvalue weighted by atomic mass is 10.0. The van der Waals surface area contributed by atoms with E-state index in [-0.39, 0.29) is 34.4 Å². The molecule has 0 aliphatic rings. The number of hydrogen-bond donors (Lipinski definition) is 2. The summed E-state index contributed by atoms with van der Waals surface area (Å²) in [6, 6.07) is 3.72. The monoisotopic (exact) mass is 491 g/mol. The summed E-state index contributed by atoms with van der Waals surface area (Å²) in [7, 11) is 0. The van der Waals surface area contributed by atoms with Crippen LogP contribution >= 0.6 is 11.8 Å². The number of aryl methyl sites for hydroxylation is 1. The van der Waals surface area contributed by atoms with Gasteiger partial charge in [-0.25, -0.2) is 4.79 Å². The smallest absolute Gasteiger partial charge is 0.373 e. The second-order valence-corrected chi connectivity index (χ2v) is 8.56. The molecule has 0 spiro atoms. The van der Waals surface area contributed by atoms with Crippen LogP contribution in [0.2, 0.25) is 0 Å². The summed E-state index contributed by atoms with van der Waals surface area (Å²) >= 11 is 1.12. The van der Waals surface area contributed by atoms with Gasteiger partial charge in [0.1, 0.15) is 11.8 Å². The third-order valence-electron chi connectivity index (χ3n) is 4.98. The summed E-state index contributed by atoms with van der Waals surface area (Å²) in [5.74, 6) is -2.16. The number of nitrogens with one attached hydrogen (secondary N) is 1. The van der Waals surface area contributed by atoms with E-state index in [1.165, 1.54) is 6.07 Å². The van der Waals surface area contributed by atoms with Crippen molar-refractivity contribution in [3.63, 3.8) is 0 Å². The van der Waals surface area contributed by atoms with Crippen LogP contribution in [-0.4, -0.2) is 62.2 Å². The first-order chi connectivity index (χ1) is 16.0. The fourth-order valence-electron chi connectivity index (χ4n) is 3.24. The van der Waals surface area contributed by atoms with E-state index < -0.39 is 22.6 Å². The average molecular weight is 492 g/mol. The fraction of sp³-hybridized carbons (Fsp3) is 0.455. The molecule has 12 heteroatoms. The third-order valence-corrected chi connectivity index (χ3v) is 5.53. The van der Waals surface area contributed by atoms with Gasteiger partial charge in [0, 0.05) is 18.7 Å². The van der Waals surface area contributed by atoms with Crippen LogP contribution < -0.4 is 10.1 Å². The number of carbonyl (C=O) groups excluding carboxylic acids is 1. The van der Waals surface area contributed by atoms with Gasteiger partial charge in [0.05, 0.1) is 4.92 Å². The van der Waals surface area contributed by atoms with Gasteiger partial charge in [-0.2, -0.15) is 9.97 Å². The van der Waals surface area contributed by atoms with Crippen molar-refractivity contribution in [1.29, 1.82) is 0 Å². The molecular weight excluding hydrogens is 462 g/mol. The molecule has 2 rings (SSSR count). The predicted octanol–water partition coefficient (Wildman–Crippen LogP) is 4.21. The molecule has 184 valence electrons. The fourth-order valence-corrected chi connectivity index (χ4v) is 3.60. The molecule has 34 heavy (non-hydrogen) atoms. The third kappa shape index (κ3) is 6.34. The van der Waals surface area contributed by atoms with Gasteiger partial charge in [-0.15, -0.1) is 0 Å². The molecule has 0 bridgehead atoms. The maximum Gasteiger partial charge on any atom is 0.373 e. The number of amides is 1. The zero-order chi connectivity index (χ0) is 25.6. The van der Waals surface area contributed by atoms with Crippen LogP contribution in [0.25, 0.3) is 0 Å². The second kappa shape index (κ2) is 11.6. The van der Waals surface area contributed by atoms with Crippen LogP contribution in [0.15, 0.2) is 23.4 Å². The minimum Gasteiger partial charge on any atom is -0.480 e. The van der Waals surface area contributed by atoms with Crippen LogP contribution in [0, 0.1) is 23.0 Å². The summed E-state index contributed by atoms with van der Waals surface area (Å²) in [5, 5.41) is 24.3. The van der Waals surface area contributed by atoms with E-state index in [1.807, 2.05) is 13.8 Å². The molecule has 1 atom stereocenters. The van der Waals surface area contributed by atoms with Crippen molar-refractivity contribution in [2.75, 3.05) is 24.7 Å². The summed E-state index contributed by atoms with van der Waals surface area (Å²) in [6.07, 6.45) is 1.68. The van der Waals surface area contributed by atoms with Crippen LogP contribution in [0.3, 0.4) is 0 Å². The molecule has 0 saturated heterocycles. The first-order valence-electron chi connectivity index (χ1n) is 10.7. The molecular formula is C22H29N5O6S. The van der Waals surface area contributed by atoms with E-state index in [2.05, 4.69) is 15.3 Å². The van der Waals surface area contributed by atoms with Crippen molar-refractivity contribution >= 4 is 35.1 Å². The molecule has 11 nitrogen and oxygen atoms in total. The SMILES string of the molecule is CCN(CC)C(=O)c1cc(C)cc(Oc2nc(SC)nc(NC(C(=O)O)C(C)C)c2[N+](=O)[O-])c1. The number of benzene rings is 1. The molecule has 1 unspecified atom stereocenters. The molecule has 1 aromatic carbocycles. The lowest BCUT2D eigenvalue weighted by Gasteiger charge is -2.20. The first-order valence-corrected chi connectivity index (χ1v) is 11.9. The lowest BCUT2D eigenvalue weighted by Crippen LogP contribution is -2.35. The highest BCUT2D eigenvalue weighted by atomic mass is 32.2. The minimum absolute atomic E-state index is 0.156. The average Bonchev–Trinajstić information content (AvgIpc) is 2.76. The highest BCUT2D eigenvalue weighted by Crippen LogP contribution is 2.37. The molecule has 1 aromatic heterocycles. The van der Waals surface area contributed by atoms with Crippen molar-refractivity contribution in [1.82, 2.24) is 14.9 Å². The standard InChI is InChI=1S/C22H29N5O6S/c1-7-26(8-2)20(28)14-9-13(5)10-15(11-14)33-19-17(27(31)32)18(24-22(25-19)34-6)23-16(12(3)4)21(29)30/h9-12,16H,7-8H2,1-6H3,(H,29,30)(H,23,24,25). The molecule has 0 aliphatic carbocycles. The molecule has 1 amide bonds. The van der Waals surface area contributed by atoms with Crippen LogP contribution in [0.5, 0.6) is 11.6 Å². The second-order valence-electron chi connectivity index (χ2n) is 7.79. The van der Waals surface area contributed by atoms with Crippen LogP contribution in [-0.2, 0) is 4.79 Å². The number of hydrogen-bond acceptors (Lipinski definition) is 9. The Morgan fingerprint density at radius 2 is 1.88 bits per heavy atom. The number of carboxylic acid groups (broad SMARTS) is 1. The van der Waals surface area contributed by atoms with Gasteiger partial charge in [-0.1, -0.05) is 25.6 Å². The largest absolute Gasteiger partial charge is 0.480 e. The Morgan fingerprint density at radius 1 is 1.24 bits per heavy atom. The van der Waals surface area contributed by atoms with E-state index in [1.54, 1.807) is 44.1 Å².